The quantitative estimate of drug-likeness (QED) is 0.672. The van der Waals surface area contributed by atoms with Gasteiger partial charge in [-0.05, 0) is 42.9 Å². The average molecular weight is 350 g/mol. The van der Waals surface area contributed by atoms with Gasteiger partial charge in [0.2, 0.25) is 11.8 Å². The first-order chi connectivity index (χ1) is 11.8. The summed E-state index contributed by atoms with van der Waals surface area (Å²) < 4.78 is 13.0. The number of carbonyl (C=O) groups is 2. The summed E-state index contributed by atoms with van der Waals surface area (Å²) in [4.78, 5) is 24.5. The molecule has 1 aromatic rings. The highest BCUT2D eigenvalue weighted by Crippen LogP contribution is 2.31. The van der Waals surface area contributed by atoms with Gasteiger partial charge in [-0.3, -0.25) is 9.59 Å². The van der Waals surface area contributed by atoms with Gasteiger partial charge in [0.15, 0.2) is 0 Å². The first kappa shape index (κ1) is 19.4. The van der Waals surface area contributed by atoms with E-state index < -0.39 is 5.92 Å². The first-order valence-electron chi connectivity index (χ1n) is 8.80. The summed E-state index contributed by atoms with van der Waals surface area (Å²) in [5.74, 6) is -1.17. The van der Waals surface area contributed by atoms with Crippen molar-refractivity contribution in [1.82, 2.24) is 10.6 Å². The summed E-state index contributed by atoms with van der Waals surface area (Å²) in [6.07, 6.45) is 3.14. The average Bonchev–Trinajstić information content (AvgIpc) is 2.51. The molecule has 0 radical (unpaired) electrons. The van der Waals surface area contributed by atoms with Gasteiger partial charge >= 0.3 is 0 Å². The number of hydrogen-bond acceptors (Lipinski definition) is 3. The highest BCUT2D eigenvalue weighted by molar-refractivity contribution is 5.84. The second kappa shape index (κ2) is 8.43. The predicted molar refractivity (Wildman–Crippen MR) is 93.4 cm³/mol. The molecule has 1 saturated carbocycles. The van der Waals surface area contributed by atoms with Gasteiger partial charge in [-0.1, -0.05) is 26.0 Å². The summed E-state index contributed by atoms with van der Waals surface area (Å²) >= 11 is 0. The number of aliphatic hydroxyl groups is 1. The van der Waals surface area contributed by atoms with Gasteiger partial charge in [0, 0.05) is 13.0 Å². The van der Waals surface area contributed by atoms with Gasteiger partial charge in [0.05, 0.1) is 18.1 Å². The van der Waals surface area contributed by atoms with E-state index in [1.807, 2.05) is 13.8 Å². The number of hydrogen-bond donors (Lipinski definition) is 3. The Labute approximate surface area is 148 Å². The minimum Gasteiger partial charge on any atom is -0.395 e. The molecule has 1 aliphatic rings. The van der Waals surface area contributed by atoms with Crippen LogP contribution in [-0.4, -0.2) is 35.6 Å². The molecule has 3 N–H and O–H groups in total. The van der Waals surface area contributed by atoms with Crippen LogP contribution in [0.5, 0.6) is 0 Å². The lowest BCUT2D eigenvalue weighted by Gasteiger charge is -2.43. The Hall–Kier alpha value is -1.95. The molecule has 0 heterocycles. The third kappa shape index (κ3) is 5.26. The normalized spacial score (nSPS) is 16.8. The number of aliphatic hydroxyl groups excluding tert-OH is 1. The number of halogens is 1. The maximum Gasteiger partial charge on any atom is 0.229 e. The van der Waals surface area contributed by atoms with E-state index in [0.29, 0.717) is 18.5 Å². The van der Waals surface area contributed by atoms with E-state index in [2.05, 4.69) is 10.6 Å². The zero-order valence-corrected chi connectivity index (χ0v) is 14.8. The maximum atomic E-state index is 13.0. The molecule has 5 nitrogen and oxygen atoms in total. The van der Waals surface area contributed by atoms with Crippen molar-refractivity contribution in [2.75, 3.05) is 13.2 Å². The molecule has 0 spiro atoms. The van der Waals surface area contributed by atoms with E-state index in [9.17, 15) is 19.1 Å². The molecule has 0 bridgehead atoms. The van der Waals surface area contributed by atoms with Crippen LogP contribution in [0.4, 0.5) is 4.39 Å². The second-order valence-corrected chi connectivity index (χ2v) is 7.28. The minimum atomic E-state index is -0.746. The van der Waals surface area contributed by atoms with E-state index in [4.69, 9.17) is 0 Å². The number of carbonyl (C=O) groups excluding carboxylic acids is 2. The molecule has 1 aromatic carbocycles. The fraction of sp³-hybridized carbons (Fsp3) is 0.579. The molecule has 1 atom stereocenters. The molecule has 1 unspecified atom stereocenters. The molecule has 138 valence electrons. The van der Waals surface area contributed by atoms with Crippen LogP contribution in [0, 0.1) is 11.7 Å². The van der Waals surface area contributed by atoms with Crippen molar-refractivity contribution in [3.05, 3.63) is 35.6 Å². The Morgan fingerprint density at radius 1 is 1.24 bits per heavy atom. The lowest BCUT2D eigenvalue weighted by molar-refractivity contribution is -0.127. The molecule has 25 heavy (non-hydrogen) atoms. The van der Waals surface area contributed by atoms with Gasteiger partial charge in [-0.25, -0.2) is 4.39 Å². The minimum absolute atomic E-state index is 0.00110. The number of nitrogens with one attached hydrogen (secondary N) is 2. The summed E-state index contributed by atoms with van der Waals surface area (Å²) in [5.41, 5.74) is 0.178. The van der Waals surface area contributed by atoms with Crippen LogP contribution in [0.1, 0.15) is 51.0 Å². The van der Waals surface area contributed by atoms with Crippen LogP contribution >= 0.6 is 0 Å². The fourth-order valence-electron chi connectivity index (χ4n) is 3.08. The monoisotopic (exact) mass is 350 g/mol. The lowest BCUT2D eigenvalue weighted by atomic mass is 9.76. The summed E-state index contributed by atoms with van der Waals surface area (Å²) in [6, 6.07) is 5.54. The largest absolute Gasteiger partial charge is 0.395 e. The van der Waals surface area contributed by atoms with Gasteiger partial charge in [0.25, 0.3) is 0 Å². The fourth-order valence-corrected chi connectivity index (χ4v) is 3.08. The smallest absolute Gasteiger partial charge is 0.229 e. The van der Waals surface area contributed by atoms with Gasteiger partial charge in [-0.2, -0.15) is 0 Å². The number of benzene rings is 1. The van der Waals surface area contributed by atoms with Crippen molar-refractivity contribution >= 4 is 11.8 Å². The number of rotatable bonds is 8. The molecule has 2 rings (SSSR count). The number of amides is 2. The maximum absolute atomic E-state index is 13.0. The van der Waals surface area contributed by atoms with E-state index >= 15 is 0 Å². The molecule has 6 heteroatoms. The van der Waals surface area contributed by atoms with Crippen molar-refractivity contribution in [3.63, 3.8) is 0 Å². The van der Waals surface area contributed by atoms with Crippen LogP contribution < -0.4 is 10.6 Å². The molecular formula is C19H27FN2O3. The molecule has 0 aliphatic heterocycles. The predicted octanol–water partition coefficient (Wildman–Crippen LogP) is 2.10. The lowest BCUT2D eigenvalue weighted by Crippen LogP contribution is -2.60. The Morgan fingerprint density at radius 2 is 1.88 bits per heavy atom. The molecular weight excluding hydrogens is 323 g/mol. The summed E-state index contributed by atoms with van der Waals surface area (Å²) in [7, 11) is 0. The third-order valence-electron chi connectivity index (χ3n) is 4.68. The van der Waals surface area contributed by atoms with Crippen molar-refractivity contribution in [3.8, 4) is 0 Å². The van der Waals surface area contributed by atoms with Gasteiger partial charge < -0.3 is 15.7 Å². The van der Waals surface area contributed by atoms with E-state index in [-0.39, 0.29) is 35.7 Å². The van der Waals surface area contributed by atoms with Crippen molar-refractivity contribution in [1.29, 1.82) is 0 Å². The molecule has 0 saturated heterocycles. The van der Waals surface area contributed by atoms with E-state index in [1.54, 1.807) is 0 Å². The Balaban J connectivity index is 1.94. The Morgan fingerprint density at radius 3 is 2.36 bits per heavy atom. The van der Waals surface area contributed by atoms with Crippen LogP contribution in [0.15, 0.2) is 24.3 Å². The van der Waals surface area contributed by atoms with Crippen LogP contribution in [0.3, 0.4) is 0 Å². The summed E-state index contributed by atoms with van der Waals surface area (Å²) in [6.45, 7) is 3.96. The highest BCUT2D eigenvalue weighted by Gasteiger charge is 2.39. The highest BCUT2D eigenvalue weighted by atomic mass is 19.1. The first-order valence-corrected chi connectivity index (χ1v) is 8.80. The molecule has 1 fully saturated rings. The zero-order chi connectivity index (χ0) is 18.4. The second-order valence-electron chi connectivity index (χ2n) is 7.28. The third-order valence-corrected chi connectivity index (χ3v) is 4.68. The van der Waals surface area contributed by atoms with Crippen LogP contribution in [0.25, 0.3) is 0 Å². The summed E-state index contributed by atoms with van der Waals surface area (Å²) in [5, 5.41) is 15.4. The molecule has 1 aliphatic carbocycles. The van der Waals surface area contributed by atoms with E-state index in [1.165, 1.54) is 24.3 Å². The Kier molecular flexibility index (Phi) is 6.53. The van der Waals surface area contributed by atoms with Crippen molar-refractivity contribution in [2.24, 2.45) is 5.92 Å². The topological polar surface area (TPSA) is 78.4 Å². The SMILES string of the molecule is CC(C)CC(=O)NC1(CNC(=O)C(CO)c2ccc(F)cc2)CCC1. The molecule has 0 aromatic heterocycles. The van der Waals surface area contributed by atoms with Crippen molar-refractivity contribution < 1.29 is 19.1 Å². The van der Waals surface area contributed by atoms with Gasteiger partial charge in [0.1, 0.15) is 5.82 Å². The van der Waals surface area contributed by atoms with Crippen molar-refractivity contribution in [2.45, 2.75) is 51.0 Å². The van der Waals surface area contributed by atoms with Gasteiger partial charge in [-0.15, -0.1) is 0 Å². The zero-order valence-electron chi connectivity index (χ0n) is 14.8. The standard InChI is InChI=1S/C19H27FN2O3/c1-13(2)10-17(24)22-19(8-3-9-19)12-21-18(25)16(11-23)14-4-6-15(20)7-5-14/h4-7,13,16,23H,3,8-12H2,1-2H3,(H,21,25)(H,22,24). The van der Waals surface area contributed by atoms with Crippen LogP contribution in [0.2, 0.25) is 0 Å². The van der Waals surface area contributed by atoms with Crippen LogP contribution in [-0.2, 0) is 9.59 Å². The molecule has 2 amide bonds. The Bertz CT molecular complexity index is 597. The van der Waals surface area contributed by atoms with E-state index in [0.717, 1.165) is 19.3 Å².